The molecule has 0 bridgehead atoms. The second-order valence-corrected chi connectivity index (χ2v) is 2.89. The lowest BCUT2D eigenvalue weighted by atomic mass is 10.4. The van der Waals surface area contributed by atoms with Crippen LogP contribution in [0.2, 0.25) is 0 Å². The third kappa shape index (κ3) is 2.29. The van der Waals surface area contributed by atoms with E-state index < -0.39 is 5.97 Å². The van der Waals surface area contributed by atoms with Crippen LogP contribution in [0.3, 0.4) is 0 Å². The zero-order valence-electron chi connectivity index (χ0n) is 8.17. The Morgan fingerprint density at radius 1 is 1.79 bits per heavy atom. The van der Waals surface area contributed by atoms with Gasteiger partial charge in [-0.3, -0.25) is 0 Å². The standard InChI is InChI=1S/C8H14N4O2/c1-2-14-8(13)7(10)12-4-3-11-5-6(12)9/h9-11H,2-5H2,1H3/p+1. The van der Waals surface area contributed by atoms with Gasteiger partial charge in [0.05, 0.1) is 19.7 Å². The molecule has 0 aliphatic carbocycles. The van der Waals surface area contributed by atoms with Crippen LogP contribution in [0.25, 0.3) is 0 Å². The van der Waals surface area contributed by atoms with Gasteiger partial charge in [-0.15, -0.1) is 0 Å². The molecule has 0 radical (unpaired) electrons. The molecule has 0 aromatic carbocycles. The Morgan fingerprint density at radius 3 is 3.07 bits per heavy atom. The minimum atomic E-state index is -0.627. The van der Waals surface area contributed by atoms with Gasteiger partial charge in [0.1, 0.15) is 0 Å². The first-order chi connectivity index (χ1) is 6.66. The molecular weight excluding hydrogens is 184 g/mol. The maximum atomic E-state index is 11.2. The molecule has 1 aliphatic heterocycles. The summed E-state index contributed by atoms with van der Waals surface area (Å²) < 4.78 is 6.18. The fourth-order valence-electron chi connectivity index (χ4n) is 1.21. The molecule has 0 aromatic rings. The van der Waals surface area contributed by atoms with Crippen molar-refractivity contribution in [3.05, 3.63) is 0 Å². The Balaban J connectivity index is 2.72. The molecule has 0 aromatic heterocycles. The Morgan fingerprint density at radius 2 is 2.50 bits per heavy atom. The highest BCUT2D eigenvalue weighted by molar-refractivity contribution is 6.30. The number of hydrogen-bond acceptors (Lipinski definition) is 5. The summed E-state index contributed by atoms with van der Waals surface area (Å²) in [5.74, 6) is -0.336. The quantitative estimate of drug-likeness (QED) is 0.207. The van der Waals surface area contributed by atoms with Crippen LogP contribution in [-0.4, -0.2) is 48.5 Å². The molecule has 1 heterocycles. The van der Waals surface area contributed by atoms with Gasteiger partial charge in [-0.2, -0.15) is 5.41 Å². The van der Waals surface area contributed by atoms with Crippen LogP contribution in [0.1, 0.15) is 6.92 Å². The molecular formula is C8H15N4O2+. The number of nitrogens with one attached hydrogen (secondary N) is 2. The highest BCUT2D eigenvalue weighted by Crippen LogP contribution is 1.89. The maximum absolute atomic E-state index is 11.2. The first-order valence-electron chi connectivity index (χ1n) is 4.52. The van der Waals surface area contributed by atoms with Gasteiger partial charge in [0.2, 0.25) is 5.84 Å². The molecule has 78 valence electrons. The predicted octanol–water partition coefficient (Wildman–Crippen LogP) is -1.50. The summed E-state index contributed by atoms with van der Waals surface area (Å²) in [5, 5.41) is 10.6. The van der Waals surface area contributed by atoms with Gasteiger partial charge in [-0.05, 0) is 6.92 Å². The molecule has 0 spiro atoms. The van der Waals surface area contributed by atoms with Crippen molar-refractivity contribution in [3.8, 4) is 0 Å². The summed E-state index contributed by atoms with van der Waals surface area (Å²) in [6.07, 6.45) is 0. The van der Waals surface area contributed by atoms with Crippen LogP contribution < -0.4 is 11.1 Å². The smallest absolute Gasteiger partial charge is 0.407 e. The minimum absolute atomic E-state index is 0.189. The highest BCUT2D eigenvalue weighted by Gasteiger charge is 2.24. The fourth-order valence-corrected chi connectivity index (χ4v) is 1.21. The van der Waals surface area contributed by atoms with Gasteiger partial charge in [0.15, 0.2) is 0 Å². The molecule has 1 rings (SSSR count). The van der Waals surface area contributed by atoms with Crippen molar-refractivity contribution in [3.63, 3.8) is 0 Å². The maximum Gasteiger partial charge on any atom is 0.407 e. The molecule has 0 atom stereocenters. The number of hydrogen-bond donors (Lipinski definition) is 3. The van der Waals surface area contributed by atoms with E-state index in [-0.39, 0.29) is 12.4 Å². The monoisotopic (exact) mass is 199 g/mol. The number of carbonyl (C=O) groups excluding carboxylic acids is 1. The van der Waals surface area contributed by atoms with E-state index in [9.17, 15) is 4.79 Å². The van der Waals surface area contributed by atoms with Crippen molar-refractivity contribution in [1.82, 2.24) is 5.32 Å². The summed E-state index contributed by atoms with van der Waals surface area (Å²) in [5.41, 5.74) is 5.65. The van der Waals surface area contributed by atoms with Gasteiger partial charge in [-0.25, -0.2) is 9.37 Å². The van der Waals surface area contributed by atoms with Gasteiger partial charge >= 0.3 is 11.8 Å². The fraction of sp³-hybridized carbons (Fsp3) is 0.625. The van der Waals surface area contributed by atoms with E-state index in [1.807, 2.05) is 0 Å². The SMILES string of the molecule is CCOC(=O)C(=N)[N+]1=C(N)CNCC1. The molecule has 14 heavy (non-hydrogen) atoms. The van der Waals surface area contributed by atoms with E-state index in [1.165, 1.54) is 4.58 Å². The first-order valence-corrected chi connectivity index (χ1v) is 4.52. The molecule has 0 amide bonds. The highest BCUT2D eigenvalue weighted by atomic mass is 16.5. The Bertz CT molecular complexity index is 285. The summed E-state index contributed by atoms with van der Waals surface area (Å²) >= 11 is 0. The second kappa shape index (κ2) is 4.71. The number of esters is 1. The van der Waals surface area contributed by atoms with E-state index >= 15 is 0 Å². The Hall–Kier alpha value is -1.43. The number of amidine groups is 2. The normalized spacial score (nSPS) is 16.6. The molecule has 0 unspecified atom stereocenters. The predicted molar refractivity (Wildman–Crippen MR) is 51.6 cm³/mol. The molecule has 6 nitrogen and oxygen atoms in total. The molecule has 0 saturated carbocycles. The van der Waals surface area contributed by atoms with Crippen molar-refractivity contribution >= 4 is 17.6 Å². The van der Waals surface area contributed by atoms with Gasteiger partial charge in [0.25, 0.3) is 0 Å². The van der Waals surface area contributed by atoms with E-state index in [2.05, 4.69) is 5.32 Å². The number of carbonyl (C=O) groups is 1. The Labute approximate surface area is 82.2 Å². The van der Waals surface area contributed by atoms with Crippen LogP contribution in [0, 0.1) is 5.41 Å². The topological polar surface area (TPSA) is 91.2 Å². The average Bonchev–Trinajstić information content (AvgIpc) is 2.18. The number of nitrogens with zero attached hydrogens (tertiary/aromatic N) is 1. The van der Waals surface area contributed by atoms with Crippen LogP contribution in [0.5, 0.6) is 0 Å². The zero-order chi connectivity index (χ0) is 10.6. The molecule has 6 heteroatoms. The third-order valence-electron chi connectivity index (χ3n) is 1.90. The van der Waals surface area contributed by atoms with Crippen LogP contribution in [-0.2, 0) is 9.53 Å². The molecule has 4 N–H and O–H groups in total. The summed E-state index contributed by atoms with van der Waals surface area (Å²) in [6.45, 7) is 3.72. The van der Waals surface area contributed by atoms with E-state index in [0.717, 1.165) is 0 Å². The van der Waals surface area contributed by atoms with Crippen LogP contribution in [0.15, 0.2) is 0 Å². The third-order valence-corrected chi connectivity index (χ3v) is 1.90. The lowest BCUT2D eigenvalue weighted by Gasteiger charge is -2.15. The van der Waals surface area contributed by atoms with Crippen molar-refractivity contribution in [2.24, 2.45) is 5.73 Å². The van der Waals surface area contributed by atoms with Crippen molar-refractivity contribution in [2.45, 2.75) is 6.92 Å². The second-order valence-electron chi connectivity index (χ2n) is 2.89. The van der Waals surface area contributed by atoms with E-state index in [4.69, 9.17) is 15.9 Å². The summed E-state index contributed by atoms with van der Waals surface area (Å²) in [7, 11) is 0. The van der Waals surface area contributed by atoms with Crippen molar-refractivity contribution in [1.29, 1.82) is 5.41 Å². The van der Waals surface area contributed by atoms with E-state index in [0.29, 0.717) is 25.5 Å². The summed E-state index contributed by atoms with van der Waals surface area (Å²) in [6, 6.07) is 0. The Kier molecular flexibility index (Phi) is 3.58. The van der Waals surface area contributed by atoms with Crippen molar-refractivity contribution in [2.75, 3.05) is 26.2 Å². The van der Waals surface area contributed by atoms with Gasteiger partial charge in [0, 0.05) is 6.54 Å². The zero-order valence-corrected chi connectivity index (χ0v) is 8.17. The largest absolute Gasteiger partial charge is 0.458 e. The first kappa shape index (κ1) is 10.6. The van der Waals surface area contributed by atoms with Crippen molar-refractivity contribution < 1.29 is 14.1 Å². The van der Waals surface area contributed by atoms with Crippen LogP contribution in [0.4, 0.5) is 0 Å². The number of ether oxygens (including phenoxy) is 1. The molecule has 1 aliphatic rings. The molecule has 0 fully saturated rings. The van der Waals surface area contributed by atoms with Crippen LogP contribution >= 0.6 is 0 Å². The minimum Gasteiger partial charge on any atom is -0.458 e. The average molecular weight is 199 g/mol. The number of rotatable bonds is 1. The molecule has 0 saturated heterocycles. The van der Waals surface area contributed by atoms with E-state index in [1.54, 1.807) is 6.92 Å². The lowest BCUT2D eigenvalue weighted by Crippen LogP contribution is -2.49. The van der Waals surface area contributed by atoms with Gasteiger partial charge < -0.3 is 15.8 Å². The number of nitrogens with two attached hydrogens (primary N) is 1. The summed E-state index contributed by atoms with van der Waals surface area (Å²) in [4.78, 5) is 11.2. The lowest BCUT2D eigenvalue weighted by molar-refractivity contribution is -0.413. The van der Waals surface area contributed by atoms with Gasteiger partial charge in [-0.1, -0.05) is 0 Å².